The molecule has 1 amide bonds. The van der Waals surface area contributed by atoms with Crippen molar-refractivity contribution in [3.8, 4) is 0 Å². The van der Waals surface area contributed by atoms with Crippen molar-refractivity contribution in [3.63, 3.8) is 0 Å². The van der Waals surface area contributed by atoms with Crippen LogP contribution in [0.4, 0.5) is 5.69 Å². The quantitative estimate of drug-likeness (QED) is 0.747. The third-order valence-electron chi connectivity index (χ3n) is 2.52. The van der Waals surface area contributed by atoms with Crippen molar-refractivity contribution in [2.24, 2.45) is 0 Å². The van der Waals surface area contributed by atoms with Gasteiger partial charge >= 0.3 is 0 Å². The second-order valence-corrected chi connectivity index (χ2v) is 3.92. The number of aliphatic hydroxyl groups excluding tert-OH is 1. The second-order valence-electron chi connectivity index (χ2n) is 3.92. The number of hydrogen-bond acceptors (Lipinski definition) is 4. The molecule has 0 unspecified atom stereocenters. The molecule has 2 rings (SSSR count). The van der Waals surface area contributed by atoms with E-state index in [1.165, 1.54) is 6.20 Å². The number of benzene rings is 1. The minimum Gasteiger partial charge on any atom is -0.396 e. The molecule has 1 aromatic heterocycles. The first kappa shape index (κ1) is 13.0. The second kappa shape index (κ2) is 5.92. The Labute approximate surface area is 109 Å². The minimum atomic E-state index is -0.397. The maximum absolute atomic E-state index is 11.8. The molecule has 0 saturated heterocycles. The summed E-state index contributed by atoms with van der Waals surface area (Å²) in [6.07, 6.45) is 2.90. The molecule has 19 heavy (non-hydrogen) atoms. The molecule has 1 heterocycles. The van der Waals surface area contributed by atoms with Gasteiger partial charge in [0.2, 0.25) is 0 Å². The largest absolute Gasteiger partial charge is 0.396 e. The first-order valence-corrected chi connectivity index (χ1v) is 5.75. The van der Waals surface area contributed by atoms with Crippen LogP contribution >= 0.6 is 0 Å². The van der Waals surface area contributed by atoms with Crippen molar-refractivity contribution in [1.82, 2.24) is 9.97 Å². The van der Waals surface area contributed by atoms with Crippen molar-refractivity contribution in [2.45, 2.75) is 6.42 Å². The summed E-state index contributed by atoms with van der Waals surface area (Å²) in [6, 6.07) is 7.14. The Morgan fingerprint density at radius 1 is 1.32 bits per heavy atom. The maximum Gasteiger partial charge on any atom is 0.275 e. The highest BCUT2D eigenvalue weighted by atomic mass is 16.3. The summed E-state index contributed by atoms with van der Waals surface area (Å²) in [6.45, 7) is 0.0903. The number of amides is 1. The molecular weight excluding hydrogens is 246 g/mol. The van der Waals surface area contributed by atoms with E-state index >= 15 is 0 Å². The highest BCUT2D eigenvalue weighted by molar-refractivity contribution is 6.02. The Morgan fingerprint density at radius 3 is 2.63 bits per heavy atom. The Balaban J connectivity index is 2.06. The molecule has 0 atom stereocenters. The van der Waals surface area contributed by atoms with Gasteiger partial charge in [-0.05, 0) is 24.1 Å². The lowest BCUT2D eigenvalue weighted by atomic mass is 10.1. The van der Waals surface area contributed by atoms with E-state index in [9.17, 15) is 9.59 Å². The Hall–Kier alpha value is -2.47. The number of nitrogens with one attached hydrogen (secondary N) is 2. The standard InChI is InChI=1S/C13H13N3O3/c17-6-5-9-1-3-10(4-2-9)16-13(19)11-7-15-12(18)8-14-11/h1-4,7-8,17H,5-6H2,(H,15,18)(H,16,19). The summed E-state index contributed by atoms with van der Waals surface area (Å²) in [5, 5.41) is 11.5. The highest BCUT2D eigenvalue weighted by Gasteiger charge is 2.07. The lowest BCUT2D eigenvalue weighted by molar-refractivity contribution is 0.102. The van der Waals surface area contributed by atoms with Gasteiger partial charge < -0.3 is 15.4 Å². The normalized spacial score (nSPS) is 10.2. The predicted octanol–water partition coefficient (Wildman–Crippen LogP) is 0.557. The van der Waals surface area contributed by atoms with Crippen molar-refractivity contribution < 1.29 is 9.90 Å². The lowest BCUT2D eigenvalue weighted by Gasteiger charge is -2.05. The molecule has 98 valence electrons. The van der Waals surface area contributed by atoms with Crippen LogP contribution in [-0.4, -0.2) is 27.6 Å². The minimum absolute atomic E-state index is 0.0903. The Kier molecular flexibility index (Phi) is 4.04. The van der Waals surface area contributed by atoms with Crippen LogP contribution in [0.3, 0.4) is 0 Å². The van der Waals surface area contributed by atoms with E-state index in [4.69, 9.17) is 5.11 Å². The zero-order valence-corrected chi connectivity index (χ0v) is 10.1. The number of carbonyl (C=O) groups is 1. The number of aromatic nitrogens is 2. The zero-order chi connectivity index (χ0) is 13.7. The SMILES string of the molecule is O=C(Nc1ccc(CCO)cc1)c1c[nH]c(=O)cn1. The number of aromatic amines is 1. The molecule has 0 spiro atoms. The summed E-state index contributed by atoms with van der Waals surface area (Å²) in [5.74, 6) is -0.397. The summed E-state index contributed by atoms with van der Waals surface area (Å²) in [7, 11) is 0. The van der Waals surface area contributed by atoms with Gasteiger partial charge in [0.1, 0.15) is 5.69 Å². The molecular formula is C13H13N3O3. The van der Waals surface area contributed by atoms with Crippen LogP contribution < -0.4 is 10.9 Å². The average molecular weight is 259 g/mol. The molecule has 0 aliphatic heterocycles. The van der Waals surface area contributed by atoms with Gasteiger partial charge in [-0.15, -0.1) is 0 Å². The van der Waals surface area contributed by atoms with Crippen LogP contribution in [0.25, 0.3) is 0 Å². The summed E-state index contributed by atoms with van der Waals surface area (Å²) >= 11 is 0. The number of carbonyl (C=O) groups excluding carboxylic acids is 1. The van der Waals surface area contributed by atoms with E-state index in [0.29, 0.717) is 12.1 Å². The molecule has 3 N–H and O–H groups in total. The number of nitrogens with zero attached hydrogens (tertiary/aromatic N) is 1. The van der Waals surface area contributed by atoms with Gasteiger partial charge in [-0.2, -0.15) is 0 Å². The van der Waals surface area contributed by atoms with E-state index in [2.05, 4.69) is 15.3 Å². The van der Waals surface area contributed by atoms with Crippen LogP contribution in [0, 0.1) is 0 Å². The fourth-order valence-electron chi connectivity index (χ4n) is 1.55. The van der Waals surface area contributed by atoms with E-state index in [-0.39, 0.29) is 17.9 Å². The van der Waals surface area contributed by atoms with E-state index in [1.54, 1.807) is 12.1 Å². The van der Waals surface area contributed by atoms with Crippen LogP contribution in [0.5, 0.6) is 0 Å². The number of hydrogen-bond donors (Lipinski definition) is 3. The molecule has 1 aromatic carbocycles. The highest BCUT2D eigenvalue weighted by Crippen LogP contribution is 2.10. The van der Waals surface area contributed by atoms with Crippen molar-refractivity contribution in [1.29, 1.82) is 0 Å². The van der Waals surface area contributed by atoms with Crippen LogP contribution in [-0.2, 0) is 6.42 Å². The van der Waals surface area contributed by atoms with E-state index in [1.807, 2.05) is 12.1 Å². The zero-order valence-electron chi connectivity index (χ0n) is 10.1. The predicted molar refractivity (Wildman–Crippen MR) is 70.0 cm³/mol. The fraction of sp³-hybridized carbons (Fsp3) is 0.154. The smallest absolute Gasteiger partial charge is 0.275 e. The van der Waals surface area contributed by atoms with Gasteiger partial charge in [-0.3, -0.25) is 9.59 Å². The molecule has 0 fully saturated rings. The summed E-state index contributed by atoms with van der Waals surface area (Å²) in [4.78, 5) is 28.8. The number of rotatable bonds is 4. The molecule has 0 saturated carbocycles. The van der Waals surface area contributed by atoms with Gasteiger partial charge in [0.05, 0.1) is 6.20 Å². The monoisotopic (exact) mass is 259 g/mol. The lowest BCUT2D eigenvalue weighted by Crippen LogP contribution is -2.16. The number of aliphatic hydroxyl groups is 1. The van der Waals surface area contributed by atoms with Crippen molar-refractivity contribution in [3.05, 3.63) is 58.3 Å². The molecule has 6 nitrogen and oxygen atoms in total. The Morgan fingerprint density at radius 2 is 2.05 bits per heavy atom. The average Bonchev–Trinajstić information content (AvgIpc) is 2.42. The van der Waals surface area contributed by atoms with Crippen LogP contribution in [0.15, 0.2) is 41.5 Å². The molecule has 6 heteroatoms. The third-order valence-corrected chi connectivity index (χ3v) is 2.52. The summed E-state index contributed by atoms with van der Waals surface area (Å²) in [5.41, 5.74) is 1.39. The molecule has 0 aliphatic carbocycles. The first-order valence-electron chi connectivity index (χ1n) is 5.75. The van der Waals surface area contributed by atoms with Gasteiger partial charge in [-0.25, -0.2) is 4.98 Å². The van der Waals surface area contributed by atoms with Gasteiger partial charge in [0.25, 0.3) is 11.5 Å². The summed E-state index contributed by atoms with van der Waals surface area (Å²) < 4.78 is 0. The molecule has 0 bridgehead atoms. The van der Waals surface area contributed by atoms with Crippen LogP contribution in [0.2, 0.25) is 0 Å². The van der Waals surface area contributed by atoms with E-state index < -0.39 is 5.91 Å². The van der Waals surface area contributed by atoms with Gasteiger partial charge in [-0.1, -0.05) is 12.1 Å². The van der Waals surface area contributed by atoms with Gasteiger partial charge in [0.15, 0.2) is 0 Å². The topological polar surface area (TPSA) is 95.1 Å². The van der Waals surface area contributed by atoms with Gasteiger partial charge in [0, 0.05) is 18.5 Å². The fourth-order valence-corrected chi connectivity index (χ4v) is 1.55. The maximum atomic E-state index is 11.8. The van der Waals surface area contributed by atoms with Crippen LogP contribution in [0.1, 0.15) is 16.1 Å². The number of anilines is 1. The number of H-pyrrole nitrogens is 1. The molecule has 2 aromatic rings. The molecule has 0 radical (unpaired) electrons. The molecule has 0 aliphatic rings. The van der Waals surface area contributed by atoms with Crippen molar-refractivity contribution in [2.75, 3.05) is 11.9 Å². The third kappa shape index (κ3) is 3.49. The van der Waals surface area contributed by atoms with E-state index in [0.717, 1.165) is 11.8 Å². The van der Waals surface area contributed by atoms with Crippen molar-refractivity contribution >= 4 is 11.6 Å². The first-order chi connectivity index (χ1) is 9.19. The Bertz CT molecular complexity index is 599.